The summed E-state index contributed by atoms with van der Waals surface area (Å²) in [5.74, 6) is 1.53. The van der Waals surface area contributed by atoms with E-state index in [-0.39, 0.29) is 36.6 Å². The molecule has 1 fully saturated rings. The summed E-state index contributed by atoms with van der Waals surface area (Å²) in [5.41, 5.74) is 11.6. The molecule has 0 aromatic heterocycles. The highest BCUT2D eigenvalue weighted by molar-refractivity contribution is 5.87. The van der Waals surface area contributed by atoms with E-state index in [1.54, 1.807) is 28.1 Å². The summed E-state index contributed by atoms with van der Waals surface area (Å²) in [7, 11) is 3.30. The second kappa shape index (κ2) is 14.5. The third kappa shape index (κ3) is 8.33. The summed E-state index contributed by atoms with van der Waals surface area (Å²) < 4.78 is 16.5. The van der Waals surface area contributed by atoms with Crippen molar-refractivity contribution in [2.24, 2.45) is 46.0 Å². The third-order valence-corrected chi connectivity index (χ3v) is 9.08. The number of methoxy groups -OCH3 is 2. The number of carbonyl (C=O) groups is 2. The van der Waals surface area contributed by atoms with Crippen LogP contribution in [0.4, 0.5) is 0 Å². The fraction of sp³-hybridized carbons (Fsp3) is 0.742. The second-order valence-corrected chi connectivity index (χ2v) is 12.6. The van der Waals surface area contributed by atoms with Crippen LogP contribution in [-0.2, 0) is 20.7 Å². The molecule has 6 N–H and O–H groups in total. The Bertz CT molecular complexity index is 974. The van der Waals surface area contributed by atoms with Crippen LogP contribution < -0.4 is 26.3 Å². The zero-order chi connectivity index (χ0) is 30.3. The normalized spacial score (nSPS) is 22.9. The smallest absolute Gasteiger partial charge is 0.226 e. The summed E-state index contributed by atoms with van der Waals surface area (Å²) in [4.78, 5) is 25.0. The Morgan fingerprint density at radius 3 is 2.30 bits per heavy atom. The molecule has 2 amide bonds. The van der Waals surface area contributed by atoms with Gasteiger partial charge in [-0.15, -0.1) is 0 Å². The van der Waals surface area contributed by atoms with Crippen molar-refractivity contribution < 1.29 is 28.9 Å². The standard InChI is InChI=1S/C31H53N3O6/c1-19(2)23(14-22-10-11-26(39-8)27(15-22)40-13-9-12-38-7)16-24(32)25(35)17-31(20(3)21(31)4)29(37)34-18-30(5,6)28(33)36/h10-11,15,19-21,23-25,35H,9,12-14,16-18,32H2,1-8H3,(H2,33,36)(H,34,37)/t20?,21?,23-,24-,25-,31?/m0/s1. The Labute approximate surface area is 240 Å². The molecule has 1 saturated carbocycles. The fourth-order valence-corrected chi connectivity index (χ4v) is 5.54. The van der Waals surface area contributed by atoms with E-state index in [4.69, 9.17) is 25.7 Å². The first-order chi connectivity index (χ1) is 18.7. The molecule has 1 aliphatic rings. The number of primary amides is 1. The summed E-state index contributed by atoms with van der Waals surface area (Å²) in [6.45, 7) is 13.1. The first-order valence-corrected chi connectivity index (χ1v) is 14.5. The lowest BCUT2D eigenvalue weighted by molar-refractivity contribution is -0.130. The number of carbonyl (C=O) groups excluding carboxylic acids is 2. The molecule has 0 spiro atoms. The van der Waals surface area contributed by atoms with E-state index < -0.39 is 28.9 Å². The zero-order valence-electron chi connectivity index (χ0n) is 25.8. The second-order valence-electron chi connectivity index (χ2n) is 12.6. The Kier molecular flexibility index (Phi) is 12.3. The van der Waals surface area contributed by atoms with Gasteiger partial charge in [-0.05, 0) is 74.5 Å². The molecular formula is C31H53N3O6. The van der Waals surface area contributed by atoms with E-state index >= 15 is 0 Å². The van der Waals surface area contributed by atoms with Crippen molar-refractivity contribution in [2.75, 3.05) is 34.0 Å². The molecule has 40 heavy (non-hydrogen) atoms. The average molecular weight is 564 g/mol. The number of nitrogens with one attached hydrogen (secondary N) is 1. The summed E-state index contributed by atoms with van der Waals surface area (Å²) in [6.07, 6.45) is 1.62. The zero-order valence-corrected chi connectivity index (χ0v) is 25.8. The molecule has 0 saturated heterocycles. The van der Waals surface area contributed by atoms with Crippen LogP contribution in [0.25, 0.3) is 0 Å². The van der Waals surface area contributed by atoms with Crippen LogP contribution in [0.5, 0.6) is 11.5 Å². The van der Waals surface area contributed by atoms with Gasteiger partial charge in [-0.25, -0.2) is 0 Å². The molecule has 0 radical (unpaired) electrons. The van der Waals surface area contributed by atoms with Gasteiger partial charge >= 0.3 is 0 Å². The van der Waals surface area contributed by atoms with Gasteiger partial charge in [0.05, 0.1) is 30.7 Å². The number of benzene rings is 1. The minimum absolute atomic E-state index is 0.105. The first-order valence-electron chi connectivity index (χ1n) is 14.5. The van der Waals surface area contributed by atoms with Crippen LogP contribution >= 0.6 is 0 Å². The lowest BCUT2D eigenvalue weighted by atomic mass is 9.81. The van der Waals surface area contributed by atoms with Gasteiger partial charge in [0.2, 0.25) is 11.8 Å². The van der Waals surface area contributed by atoms with Gasteiger partial charge in [0, 0.05) is 32.7 Å². The average Bonchev–Trinajstić information content (AvgIpc) is 3.43. The minimum atomic E-state index is -0.853. The van der Waals surface area contributed by atoms with Gasteiger partial charge in [-0.3, -0.25) is 9.59 Å². The first kappa shape index (κ1) is 33.8. The van der Waals surface area contributed by atoms with Gasteiger partial charge in [0.25, 0.3) is 0 Å². The van der Waals surface area contributed by atoms with Crippen LogP contribution in [0.2, 0.25) is 0 Å². The highest BCUT2D eigenvalue weighted by atomic mass is 16.5. The number of ether oxygens (including phenoxy) is 3. The number of amides is 2. The van der Waals surface area contributed by atoms with Crippen LogP contribution in [0.3, 0.4) is 0 Å². The Morgan fingerprint density at radius 1 is 1.12 bits per heavy atom. The molecule has 0 heterocycles. The maximum Gasteiger partial charge on any atom is 0.226 e. The number of aliphatic hydroxyl groups excluding tert-OH is 1. The lowest BCUT2D eigenvalue weighted by Gasteiger charge is -2.30. The lowest BCUT2D eigenvalue weighted by Crippen LogP contribution is -2.47. The van der Waals surface area contributed by atoms with Crippen molar-refractivity contribution in [2.45, 2.75) is 79.4 Å². The van der Waals surface area contributed by atoms with Crippen LogP contribution in [-0.4, -0.2) is 63.0 Å². The van der Waals surface area contributed by atoms with Crippen molar-refractivity contribution in [3.63, 3.8) is 0 Å². The Hall–Kier alpha value is -2.36. The van der Waals surface area contributed by atoms with E-state index in [9.17, 15) is 14.7 Å². The number of rotatable bonds is 18. The Morgan fingerprint density at radius 2 is 1.77 bits per heavy atom. The molecular weight excluding hydrogens is 510 g/mol. The molecule has 1 aromatic carbocycles. The van der Waals surface area contributed by atoms with Crippen molar-refractivity contribution >= 4 is 11.8 Å². The molecule has 2 unspecified atom stereocenters. The topological polar surface area (TPSA) is 146 Å². The largest absolute Gasteiger partial charge is 0.493 e. The molecule has 2 rings (SSSR count). The molecule has 0 aliphatic heterocycles. The maximum atomic E-state index is 13.3. The predicted molar refractivity (Wildman–Crippen MR) is 157 cm³/mol. The molecule has 1 aliphatic carbocycles. The van der Waals surface area contributed by atoms with Crippen molar-refractivity contribution in [1.82, 2.24) is 5.32 Å². The maximum absolute atomic E-state index is 13.3. The van der Waals surface area contributed by atoms with E-state index in [2.05, 4.69) is 19.2 Å². The van der Waals surface area contributed by atoms with Crippen molar-refractivity contribution in [3.05, 3.63) is 23.8 Å². The molecule has 228 valence electrons. The number of nitrogens with two attached hydrogens (primary N) is 2. The van der Waals surface area contributed by atoms with Crippen molar-refractivity contribution in [3.8, 4) is 11.5 Å². The van der Waals surface area contributed by atoms with E-state index in [1.807, 2.05) is 32.0 Å². The van der Waals surface area contributed by atoms with Crippen LogP contribution in [0.1, 0.15) is 66.4 Å². The predicted octanol–water partition coefficient (Wildman–Crippen LogP) is 3.29. The fourth-order valence-electron chi connectivity index (χ4n) is 5.54. The van der Waals surface area contributed by atoms with Crippen LogP contribution in [0.15, 0.2) is 18.2 Å². The van der Waals surface area contributed by atoms with Crippen LogP contribution in [0, 0.1) is 34.5 Å². The summed E-state index contributed by atoms with van der Waals surface area (Å²) >= 11 is 0. The SMILES string of the molecule is COCCCOc1cc(C[C@@H](C[C@H](N)[C@@H](O)CC2(C(=O)NCC(C)(C)C(N)=O)C(C)C2C)C(C)C)ccc1OC. The summed E-state index contributed by atoms with van der Waals surface area (Å²) in [6, 6.07) is 5.50. The molecule has 0 bridgehead atoms. The van der Waals surface area contributed by atoms with Gasteiger partial charge in [-0.2, -0.15) is 0 Å². The molecule has 9 heteroatoms. The quantitative estimate of drug-likeness (QED) is 0.201. The third-order valence-electron chi connectivity index (χ3n) is 9.08. The van der Waals surface area contributed by atoms with Crippen molar-refractivity contribution in [1.29, 1.82) is 0 Å². The van der Waals surface area contributed by atoms with E-state index in [0.29, 0.717) is 37.1 Å². The van der Waals surface area contributed by atoms with E-state index in [0.717, 1.165) is 18.4 Å². The molecule has 5 atom stereocenters. The van der Waals surface area contributed by atoms with E-state index in [1.165, 1.54) is 0 Å². The molecule has 1 aromatic rings. The minimum Gasteiger partial charge on any atom is -0.493 e. The van der Waals surface area contributed by atoms with Gasteiger partial charge in [-0.1, -0.05) is 33.8 Å². The number of aliphatic hydroxyl groups is 1. The summed E-state index contributed by atoms with van der Waals surface area (Å²) in [5, 5.41) is 14.1. The van der Waals surface area contributed by atoms with Gasteiger partial charge in [0.1, 0.15) is 0 Å². The number of hydrogen-bond donors (Lipinski definition) is 4. The highest BCUT2D eigenvalue weighted by Gasteiger charge is 2.64. The number of hydrogen-bond acceptors (Lipinski definition) is 7. The Balaban J connectivity index is 2.07. The highest BCUT2D eigenvalue weighted by Crippen LogP contribution is 2.61. The molecule has 9 nitrogen and oxygen atoms in total. The monoisotopic (exact) mass is 563 g/mol. The van der Waals surface area contributed by atoms with Gasteiger partial charge in [0.15, 0.2) is 11.5 Å². The van der Waals surface area contributed by atoms with Gasteiger partial charge < -0.3 is 36.1 Å².